The van der Waals surface area contributed by atoms with Crippen LogP contribution in [0.3, 0.4) is 0 Å². The van der Waals surface area contributed by atoms with E-state index in [2.05, 4.69) is 41.5 Å². The lowest BCUT2D eigenvalue weighted by Crippen LogP contribution is -2.09. The van der Waals surface area contributed by atoms with Crippen molar-refractivity contribution >= 4 is 0 Å². The van der Waals surface area contributed by atoms with E-state index in [4.69, 9.17) is 0 Å². The Bertz CT molecular complexity index is 146. The summed E-state index contributed by atoms with van der Waals surface area (Å²) in [6.45, 7) is 14.2. The molecule has 0 amide bonds. The Balaban J connectivity index is 3.59. The Morgan fingerprint density at radius 3 is 1.81 bits per heavy atom. The average Bonchev–Trinajstić information content (AvgIpc) is 2.17. The first kappa shape index (κ1) is 16.0. The molecule has 0 saturated heterocycles. The van der Waals surface area contributed by atoms with Crippen LogP contribution in [0.15, 0.2) is 0 Å². The summed E-state index contributed by atoms with van der Waals surface area (Å²) in [5.74, 6) is 3.64. The van der Waals surface area contributed by atoms with Gasteiger partial charge >= 0.3 is 0 Å². The highest BCUT2D eigenvalue weighted by molar-refractivity contribution is 4.64. The lowest BCUT2D eigenvalue weighted by molar-refractivity contribution is 0.307. The van der Waals surface area contributed by atoms with Gasteiger partial charge in [0.2, 0.25) is 0 Å². The highest BCUT2D eigenvalue weighted by Gasteiger charge is 2.12. The van der Waals surface area contributed by atoms with Crippen LogP contribution >= 0.6 is 0 Å². The molecule has 0 spiro atoms. The number of hydrogen-bond donors (Lipinski definition) is 0. The third-order valence-corrected chi connectivity index (χ3v) is 3.98. The molecule has 0 aliphatic rings. The minimum Gasteiger partial charge on any atom is -0.0651 e. The van der Waals surface area contributed by atoms with Crippen molar-refractivity contribution in [3.8, 4) is 0 Å². The normalized spacial score (nSPS) is 15.8. The van der Waals surface area contributed by atoms with E-state index < -0.39 is 0 Å². The molecule has 0 aliphatic heterocycles. The van der Waals surface area contributed by atoms with Crippen molar-refractivity contribution in [1.82, 2.24) is 0 Å². The van der Waals surface area contributed by atoms with Crippen molar-refractivity contribution in [3.05, 3.63) is 0 Å². The third kappa shape index (κ3) is 8.19. The molecule has 0 aromatic carbocycles. The predicted octanol–water partition coefficient (Wildman–Crippen LogP) is 5.91. The minimum atomic E-state index is 0.868. The molecule has 98 valence electrons. The average molecular weight is 226 g/mol. The molecule has 0 heteroatoms. The van der Waals surface area contributed by atoms with Crippen molar-refractivity contribution < 1.29 is 0 Å². The molecule has 0 bridgehead atoms. The second kappa shape index (κ2) is 9.07. The quantitative estimate of drug-likeness (QED) is 0.458. The SMILES string of the molecule is CCC(CCC(C)CCCC(C)C)C(C)C. The Morgan fingerprint density at radius 1 is 0.750 bits per heavy atom. The topological polar surface area (TPSA) is 0 Å². The summed E-state index contributed by atoms with van der Waals surface area (Å²) >= 11 is 0. The maximum atomic E-state index is 2.44. The summed E-state index contributed by atoms with van der Waals surface area (Å²) in [6.07, 6.45) is 8.51. The highest BCUT2D eigenvalue weighted by Crippen LogP contribution is 2.25. The molecule has 0 heterocycles. The van der Waals surface area contributed by atoms with E-state index in [-0.39, 0.29) is 0 Å². The Labute approximate surface area is 104 Å². The molecule has 0 aromatic rings. The summed E-state index contributed by atoms with van der Waals surface area (Å²) in [4.78, 5) is 0. The van der Waals surface area contributed by atoms with Gasteiger partial charge in [-0.3, -0.25) is 0 Å². The van der Waals surface area contributed by atoms with Crippen LogP contribution in [-0.2, 0) is 0 Å². The van der Waals surface area contributed by atoms with Crippen LogP contribution in [0, 0.1) is 23.7 Å². The van der Waals surface area contributed by atoms with Crippen LogP contribution < -0.4 is 0 Å². The van der Waals surface area contributed by atoms with E-state index in [1.165, 1.54) is 38.5 Å². The monoisotopic (exact) mass is 226 g/mol. The molecule has 0 radical (unpaired) electrons. The van der Waals surface area contributed by atoms with E-state index in [9.17, 15) is 0 Å². The lowest BCUT2D eigenvalue weighted by Gasteiger charge is -2.21. The van der Waals surface area contributed by atoms with E-state index >= 15 is 0 Å². The summed E-state index contributed by atoms with van der Waals surface area (Å²) in [5, 5.41) is 0. The largest absolute Gasteiger partial charge is 0.0651 e. The van der Waals surface area contributed by atoms with Gasteiger partial charge in [0.05, 0.1) is 0 Å². The number of hydrogen-bond acceptors (Lipinski definition) is 0. The van der Waals surface area contributed by atoms with Gasteiger partial charge in [0.25, 0.3) is 0 Å². The standard InChI is InChI=1S/C16H34/c1-7-16(14(4)5)12-11-15(6)10-8-9-13(2)3/h13-16H,7-12H2,1-6H3. The first-order valence-electron chi connectivity index (χ1n) is 7.47. The molecule has 0 aromatic heterocycles. The third-order valence-electron chi connectivity index (χ3n) is 3.98. The maximum absolute atomic E-state index is 2.44. The van der Waals surface area contributed by atoms with Gasteiger partial charge in [-0.25, -0.2) is 0 Å². The fourth-order valence-electron chi connectivity index (χ4n) is 2.53. The predicted molar refractivity (Wildman–Crippen MR) is 75.7 cm³/mol. The molecule has 0 aliphatic carbocycles. The van der Waals surface area contributed by atoms with Gasteiger partial charge in [0.1, 0.15) is 0 Å². The summed E-state index contributed by atoms with van der Waals surface area (Å²) in [5.41, 5.74) is 0. The highest BCUT2D eigenvalue weighted by atomic mass is 14.2. The van der Waals surface area contributed by atoms with Crippen molar-refractivity contribution in [2.24, 2.45) is 23.7 Å². The Morgan fingerprint density at radius 2 is 1.38 bits per heavy atom. The molecule has 16 heavy (non-hydrogen) atoms. The molecule has 0 saturated carbocycles. The molecular formula is C16H34. The van der Waals surface area contributed by atoms with Crippen LogP contribution in [0.5, 0.6) is 0 Å². The maximum Gasteiger partial charge on any atom is -0.0394 e. The summed E-state index contributed by atoms with van der Waals surface area (Å²) in [7, 11) is 0. The van der Waals surface area contributed by atoms with E-state index in [0.717, 1.165) is 23.7 Å². The van der Waals surface area contributed by atoms with Crippen LogP contribution in [0.2, 0.25) is 0 Å². The molecule has 2 unspecified atom stereocenters. The van der Waals surface area contributed by atoms with Crippen molar-refractivity contribution in [1.29, 1.82) is 0 Å². The zero-order valence-corrected chi connectivity index (χ0v) is 12.6. The first-order chi connectivity index (χ1) is 7.47. The van der Waals surface area contributed by atoms with Gasteiger partial charge in [0, 0.05) is 0 Å². The van der Waals surface area contributed by atoms with Gasteiger partial charge < -0.3 is 0 Å². The molecule has 0 N–H and O–H groups in total. The van der Waals surface area contributed by atoms with Crippen molar-refractivity contribution in [2.75, 3.05) is 0 Å². The van der Waals surface area contributed by atoms with Crippen LogP contribution in [0.4, 0.5) is 0 Å². The fraction of sp³-hybridized carbons (Fsp3) is 1.00. The molecule has 0 fully saturated rings. The molecule has 2 atom stereocenters. The minimum absolute atomic E-state index is 0.868. The van der Waals surface area contributed by atoms with Crippen LogP contribution in [0.1, 0.15) is 80.1 Å². The molecular weight excluding hydrogens is 192 g/mol. The van der Waals surface area contributed by atoms with Gasteiger partial charge in [-0.2, -0.15) is 0 Å². The second-order valence-electron chi connectivity index (χ2n) is 6.42. The van der Waals surface area contributed by atoms with E-state index in [1.54, 1.807) is 0 Å². The second-order valence-corrected chi connectivity index (χ2v) is 6.42. The fourth-order valence-corrected chi connectivity index (χ4v) is 2.53. The summed E-state index contributed by atoms with van der Waals surface area (Å²) in [6, 6.07) is 0. The van der Waals surface area contributed by atoms with E-state index in [1.807, 2.05) is 0 Å². The zero-order chi connectivity index (χ0) is 12.6. The first-order valence-corrected chi connectivity index (χ1v) is 7.47. The van der Waals surface area contributed by atoms with Crippen LogP contribution in [-0.4, -0.2) is 0 Å². The molecule has 0 nitrogen and oxygen atoms in total. The van der Waals surface area contributed by atoms with Gasteiger partial charge in [-0.1, -0.05) is 73.6 Å². The van der Waals surface area contributed by atoms with Crippen LogP contribution in [0.25, 0.3) is 0 Å². The number of rotatable bonds is 9. The Kier molecular flexibility index (Phi) is 9.07. The van der Waals surface area contributed by atoms with Gasteiger partial charge in [-0.15, -0.1) is 0 Å². The van der Waals surface area contributed by atoms with Gasteiger partial charge in [0.15, 0.2) is 0 Å². The molecule has 0 rings (SSSR count). The lowest BCUT2D eigenvalue weighted by atomic mass is 9.85. The summed E-state index contributed by atoms with van der Waals surface area (Å²) < 4.78 is 0. The van der Waals surface area contributed by atoms with E-state index in [0.29, 0.717) is 0 Å². The van der Waals surface area contributed by atoms with Gasteiger partial charge in [-0.05, 0) is 30.1 Å². The van der Waals surface area contributed by atoms with Crippen molar-refractivity contribution in [2.45, 2.75) is 80.1 Å². The zero-order valence-electron chi connectivity index (χ0n) is 12.6. The van der Waals surface area contributed by atoms with Crippen molar-refractivity contribution in [3.63, 3.8) is 0 Å². The Hall–Kier alpha value is 0. The smallest absolute Gasteiger partial charge is 0.0394 e.